The molecule has 2 heterocycles. The predicted octanol–water partition coefficient (Wildman–Crippen LogP) is 0.268. The molecular weight excluding hydrogens is 341 g/mol. The molecule has 0 unspecified atom stereocenters. The van der Waals surface area contributed by atoms with E-state index in [9.17, 15) is 18.8 Å². The second-order valence-corrected chi connectivity index (χ2v) is 5.88. The topological polar surface area (TPSA) is 96.3 Å². The van der Waals surface area contributed by atoms with Gasteiger partial charge in [0.1, 0.15) is 11.5 Å². The number of halogens is 1. The number of hydrogen-bond acceptors (Lipinski definition) is 4. The summed E-state index contributed by atoms with van der Waals surface area (Å²) in [6, 6.07) is 6.64. The van der Waals surface area contributed by atoms with Crippen LogP contribution in [0.25, 0.3) is 0 Å². The summed E-state index contributed by atoms with van der Waals surface area (Å²) in [6.45, 7) is 1.49. The largest absolute Gasteiger partial charge is 0.350 e. The normalized spacial score (nSPS) is 13.3. The first-order valence-electron chi connectivity index (χ1n) is 8.11. The van der Waals surface area contributed by atoms with Crippen LogP contribution in [-0.4, -0.2) is 59.1 Å². The van der Waals surface area contributed by atoms with E-state index in [0.717, 1.165) is 0 Å². The molecule has 1 aromatic carbocycles. The third-order valence-electron chi connectivity index (χ3n) is 4.03. The summed E-state index contributed by atoms with van der Waals surface area (Å²) in [7, 11) is 1.70. The first-order valence-corrected chi connectivity index (χ1v) is 8.11. The van der Waals surface area contributed by atoms with Crippen LogP contribution in [0.4, 0.5) is 4.39 Å². The smallest absolute Gasteiger partial charge is 0.271 e. The Morgan fingerprint density at radius 3 is 2.46 bits per heavy atom. The van der Waals surface area contributed by atoms with Crippen molar-refractivity contribution < 1.29 is 18.8 Å². The van der Waals surface area contributed by atoms with E-state index in [-0.39, 0.29) is 30.6 Å². The lowest BCUT2D eigenvalue weighted by Gasteiger charge is -2.22. The van der Waals surface area contributed by atoms with Gasteiger partial charge in [-0.15, -0.1) is 0 Å². The Balaban J connectivity index is 1.49. The van der Waals surface area contributed by atoms with E-state index < -0.39 is 11.7 Å². The lowest BCUT2D eigenvalue weighted by molar-refractivity contribution is 0.0742. The van der Waals surface area contributed by atoms with Crippen LogP contribution in [0, 0.1) is 5.82 Å². The van der Waals surface area contributed by atoms with Crippen molar-refractivity contribution in [3.05, 3.63) is 53.1 Å². The Bertz CT molecular complexity index is 847. The molecule has 0 atom stereocenters. The molecule has 1 aliphatic heterocycles. The number of carbonyl (C=O) groups excluding carboxylic acids is 3. The molecule has 3 rings (SSSR count). The number of aromatic nitrogens is 2. The molecule has 2 N–H and O–H groups in total. The number of hydrogen-bond donors (Lipinski definition) is 2. The molecule has 8 nitrogen and oxygen atoms in total. The molecule has 0 saturated carbocycles. The number of likely N-dealkylation sites (N-methyl/N-ethyl adjacent to an activating group) is 1. The molecule has 136 valence electrons. The lowest BCUT2D eigenvalue weighted by atomic mass is 10.2. The van der Waals surface area contributed by atoms with E-state index in [4.69, 9.17) is 0 Å². The van der Waals surface area contributed by atoms with Crippen LogP contribution in [0.2, 0.25) is 0 Å². The predicted molar refractivity (Wildman–Crippen MR) is 90.3 cm³/mol. The maximum Gasteiger partial charge on any atom is 0.271 e. The molecule has 1 aliphatic rings. The number of benzene rings is 1. The first kappa shape index (κ1) is 17.6. The van der Waals surface area contributed by atoms with Crippen LogP contribution in [0.5, 0.6) is 0 Å². The second-order valence-electron chi connectivity index (χ2n) is 5.88. The summed E-state index contributed by atoms with van der Waals surface area (Å²) in [4.78, 5) is 37.6. The highest BCUT2D eigenvalue weighted by Crippen LogP contribution is 2.12. The van der Waals surface area contributed by atoms with Gasteiger partial charge in [-0.2, -0.15) is 5.10 Å². The van der Waals surface area contributed by atoms with Crippen LogP contribution in [0.15, 0.2) is 30.3 Å². The summed E-state index contributed by atoms with van der Waals surface area (Å²) >= 11 is 0. The fraction of sp³-hybridized carbons (Fsp3) is 0.294. The highest BCUT2D eigenvalue weighted by atomic mass is 19.1. The number of carbonyl (C=O) groups is 3. The van der Waals surface area contributed by atoms with E-state index >= 15 is 0 Å². The zero-order chi connectivity index (χ0) is 18.7. The fourth-order valence-corrected chi connectivity index (χ4v) is 2.56. The average Bonchev–Trinajstić information content (AvgIpc) is 3.07. The van der Waals surface area contributed by atoms with Crippen molar-refractivity contribution in [2.75, 3.05) is 26.7 Å². The first-order chi connectivity index (χ1) is 12.5. The molecular formula is C17H18FN5O3. The molecule has 9 heteroatoms. The fourth-order valence-electron chi connectivity index (χ4n) is 2.56. The zero-order valence-corrected chi connectivity index (χ0v) is 14.2. The van der Waals surface area contributed by atoms with Gasteiger partial charge >= 0.3 is 0 Å². The average molecular weight is 359 g/mol. The molecule has 0 spiro atoms. The van der Waals surface area contributed by atoms with Gasteiger partial charge in [-0.05, 0) is 24.3 Å². The Hall–Kier alpha value is -3.23. The van der Waals surface area contributed by atoms with E-state index in [0.29, 0.717) is 24.3 Å². The monoisotopic (exact) mass is 359 g/mol. The number of nitrogens with zero attached hydrogens (tertiary/aromatic N) is 3. The van der Waals surface area contributed by atoms with E-state index in [1.165, 1.54) is 35.0 Å². The molecule has 0 aliphatic carbocycles. The number of amides is 3. The standard InChI is InChI=1S/C17H18FN5O3/c1-22-8-9-23-14(17(22)26)10-13(21-23)16(25)20-7-6-19-15(24)11-2-4-12(18)5-3-11/h2-5,10H,6-9H2,1H3,(H,19,24)(H,20,25). The van der Waals surface area contributed by atoms with Crippen LogP contribution >= 0.6 is 0 Å². The van der Waals surface area contributed by atoms with Crippen LogP contribution < -0.4 is 10.6 Å². The van der Waals surface area contributed by atoms with Gasteiger partial charge in [-0.25, -0.2) is 4.39 Å². The molecule has 0 bridgehead atoms. The van der Waals surface area contributed by atoms with Crippen molar-refractivity contribution in [2.45, 2.75) is 6.54 Å². The van der Waals surface area contributed by atoms with Crippen molar-refractivity contribution in [1.29, 1.82) is 0 Å². The van der Waals surface area contributed by atoms with Gasteiger partial charge in [-0.1, -0.05) is 0 Å². The number of rotatable bonds is 5. The van der Waals surface area contributed by atoms with Gasteiger partial charge in [0.15, 0.2) is 5.69 Å². The highest BCUT2D eigenvalue weighted by Gasteiger charge is 2.25. The SMILES string of the molecule is CN1CCn2nc(C(=O)NCCNC(=O)c3ccc(F)cc3)cc2C1=O. The van der Waals surface area contributed by atoms with E-state index in [1.54, 1.807) is 11.9 Å². The van der Waals surface area contributed by atoms with Gasteiger partial charge in [-0.3, -0.25) is 19.1 Å². The van der Waals surface area contributed by atoms with Crippen LogP contribution in [-0.2, 0) is 6.54 Å². The van der Waals surface area contributed by atoms with Crippen molar-refractivity contribution >= 4 is 17.7 Å². The van der Waals surface area contributed by atoms with E-state index in [1.807, 2.05) is 0 Å². The Kier molecular flexibility index (Phi) is 4.97. The van der Waals surface area contributed by atoms with E-state index in [2.05, 4.69) is 15.7 Å². The molecule has 26 heavy (non-hydrogen) atoms. The van der Waals surface area contributed by atoms with Crippen LogP contribution in [0.3, 0.4) is 0 Å². The molecule has 1 aromatic heterocycles. The van der Waals surface area contributed by atoms with Gasteiger partial charge in [0, 0.05) is 38.3 Å². The minimum absolute atomic E-state index is 0.161. The summed E-state index contributed by atoms with van der Waals surface area (Å²) in [5.74, 6) is -1.36. The number of nitrogens with one attached hydrogen (secondary N) is 2. The van der Waals surface area contributed by atoms with Crippen molar-refractivity contribution in [3.8, 4) is 0 Å². The minimum Gasteiger partial charge on any atom is -0.350 e. The molecule has 3 amide bonds. The Labute approximate surface area is 149 Å². The number of fused-ring (bicyclic) bond motifs is 1. The molecule has 2 aromatic rings. The highest BCUT2D eigenvalue weighted by molar-refractivity contribution is 5.98. The second kappa shape index (κ2) is 7.34. The van der Waals surface area contributed by atoms with Gasteiger partial charge in [0.25, 0.3) is 17.7 Å². The third kappa shape index (κ3) is 3.71. The van der Waals surface area contributed by atoms with Crippen LogP contribution in [0.1, 0.15) is 31.3 Å². The third-order valence-corrected chi connectivity index (χ3v) is 4.03. The summed E-state index contributed by atoms with van der Waals surface area (Å²) < 4.78 is 14.3. The van der Waals surface area contributed by atoms with Gasteiger partial charge in [0.05, 0.1) is 6.54 Å². The maximum atomic E-state index is 12.8. The molecule has 0 radical (unpaired) electrons. The minimum atomic E-state index is -0.418. The van der Waals surface area contributed by atoms with Gasteiger partial charge in [0.2, 0.25) is 0 Å². The molecule has 0 saturated heterocycles. The van der Waals surface area contributed by atoms with Crippen molar-refractivity contribution in [3.63, 3.8) is 0 Å². The molecule has 0 fully saturated rings. The summed E-state index contributed by atoms with van der Waals surface area (Å²) in [6.07, 6.45) is 0. The van der Waals surface area contributed by atoms with Crippen molar-refractivity contribution in [1.82, 2.24) is 25.3 Å². The lowest BCUT2D eigenvalue weighted by Crippen LogP contribution is -2.37. The van der Waals surface area contributed by atoms with Gasteiger partial charge < -0.3 is 15.5 Å². The Morgan fingerprint density at radius 1 is 1.12 bits per heavy atom. The summed E-state index contributed by atoms with van der Waals surface area (Å²) in [5.41, 5.74) is 0.879. The zero-order valence-electron chi connectivity index (χ0n) is 14.2. The Morgan fingerprint density at radius 2 is 1.77 bits per heavy atom. The van der Waals surface area contributed by atoms with Crippen molar-refractivity contribution in [2.24, 2.45) is 0 Å². The quantitative estimate of drug-likeness (QED) is 0.749. The maximum absolute atomic E-state index is 12.8. The summed E-state index contributed by atoms with van der Waals surface area (Å²) in [5, 5.41) is 9.40.